The Hall–Kier alpha value is -1.50. The summed E-state index contributed by atoms with van der Waals surface area (Å²) in [6.45, 7) is 0.218. The van der Waals surface area contributed by atoms with E-state index in [1.807, 2.05) is 0 Å². The van der Waals surface area contributed by atoms with Gasteiger partial charge in [-0.2, -0.15) is 9.33 Å². The van der Waals surface area contributed by atoms with Crippen LogP contribution in [-0.2, 0) is 4.74 Å². The van der Waals surface area contributed by atoms with Crippen LogP contribution in [0.1, 0.15) is 6.23 Å². The van der Waals surface area contributed by atoms with Gasteiger partial charge in [-0.25, -0.2) is 15.0 Å². The third-order valence-corrected chi connectivity index (χ3v) is 6.67. The van der Waals surface area contributed by atoms with Crippen LogP contribution in [0.5, 0.6) is 0 Å². The maximum absolute atomic E-state index is 10.2. The third-order valence-electron chi connectivity index (χ3n) is 4.33. The Bertz CT molecular complexity index is 875. The van der Waals surface area contributed by atoms with Crippen LogP contribution in [0.2, 0.25) is 0 Å². The summed E-state index contributed by atoms with van der Waals surface area (Å²) in [5, 5.41) is 36.9. The molecule has 0 spiro atoms. The first kappa shape index (κ1) is 17.9. The predicted octanol–water partition coefficient (Wildman–Crippen LogP) is 0.572. The monoisotopic (exact) mass is 443 g/mol. The first-order valence-corrected chi connectivity index (χ1v) is 11.4. The molecule has 0 bridgehead atoms. The molecule has 2 aliphatic rings. The van der Waals surface area contributed by atoms with Gasteiger partial charge in [-0.1, -0.05) is 6.08 Å². The Labute approximate surface area is 159 Å². The molecule has 2 aromatic rings. The lowest BCUT2D eigenvalue weighted by atomic mass is 10.1. The first-order chi connectivity index (χ1) is 12.6. The van der Waals surface area contributed by atoms with E-state index < -0.39 is 24.5 Å². The first-order valence-electron chi connectivity index (χ1n) is 7.95. The van der Waals surface area contributed by atoms with E-state index in [2.05, 4.69) is 52.0 Å². The Balaban J connectivity index is 1.59. The number of anilines is 1. The molecular weight excluding hydrogens is 426 g/mol. The number of nitrogens with zero attached hydrogens (tertiary/aromatic N) is 4. The maximum atomic E-state index is 10.2. The van der Waals surface area contributed by atoms with E-state index in [0.29, 0.717) is 23.5 Å². The molecule has 0 amide bonds. The van der Waals surface area contributed by atoms with Crippen molar-refractivity contribution >= 4 is 41.1 Å². The smallest absolute Gasteiger partial charge is 0.167 e. The van der Waals surface area contributed by atoms with Crippen molar-refractivity contribution in [2.24, 2.45) is 0 Å². The molecule has 2 aromatic heterocycles. The average Bonchev–Trinajstić information content (AvgIpc) is 3.32. The molecule has 11 heteroatoms. The number of nitrogens with one attached hydrogen (secondary N) is 1. The van der Waals surface area contributed by atoms with Crippen molar-refractivity contribution in [3.8, 4) is 0 Å². The van der Waals surface area contributed by atoms with Gasteiger partial charge in [-0.3, -0.25) is 4.57 Å². The van der Waals surface area contributed by atoms with Crippen LogP contribution in [0.15, 0.2) is 35.1 Å². The van der Waals surface area contributed by atoms with E-state index in [9.17, 15) is 15.3 Å². The second-order valence-electron chi connectivity index (χ2n) is 5.99. The molecule has 1 saturated heterocycles. The molecule has 2 aliphatic heterocycles. The Morgan fingerprint density at radius 3 is 2.81 bits per heavy atom. The van der Waals surface area contributed by atoms with Crippen molar-refractivity contribution in [2.45, 2.75) is 24.5 Å². The lowest BCUT2D eigenvalue weighted by molar-refractivity contribution is -0.0511. The van der Waals surface area contributed by atoms with Gasteiger partial charge >= 0.3 is 0 Å². The van der Waals surface area contributed by atoms with Crippen molar-refractivity contribution < 1.29 is 20.1 Å². The zero-order chi connectivity index (χ0) is 18.3. The highest BCUT2D eigenvalue weighted by Crippen LogP contribution is 2.42. The number of ether oxygens (including phenoxy) is 1. The molecule has 4 rings (SSSR count). The molecule has 140 valence electrons. The van der Waals surface area contributed by atoms with E-state index in [4.69, 9.17) is 4.74 Å². The molecule has 1 unspecified atom stereocenters. The zero-order valence-corrected chi connectivity index (χ0v) is 16.0. The van der Waals surface area contributed by atoms with Crippen LogP contribution in [0.25, 0.3) is 11.2 Å². The standard InChI is InChI=1S/C15H18BrN5O4S/c16-26-2-1-8(5-26)3-17-13-10-14(19-6-18-13)21(7-20-10)15-12(24)11(23)9(4-22)25-15/h1-2,5-7,9,11-12,15,22-24,26H,3-4H2,(H,17,18,19)/t9-,11-,12-,15-/m1/s1. The second kappa shape index (κ2) is 7.25. The fraction of sp³-hybridized carbons (Fsp3) is 0.400. The van der Waals surface area contributed by atoms with Crippen LogP contribution < -0.4 is 5.32 Å². The van der Waals surface area contributed by atoms with Gasteiger partial charge in [0, 0.05) is 6.54 Å². The van der Waals surface area contributed by atoms with Gasteiger partial charge in [-0.05, 0) is 31.2 Å². The minimum atomic E-state index is -1.19. The third kappa shape index (κ3) is 3.15. The molecule has 5 atom stereocenters. The number of rotatable bonds is 5. The fourth-order valence-corrected chi connectivity index (χ4v) is 5.04. The van der Waals surface area contributed by atoms with Crippen molar-refractivity contribution in [1.29, 1.82) is 0 Å². The van der Waals surface area contributed by atoms with Gasteiger partial charge in [-0.15, -0.1) is 0 Å². The van der Waals surface area contributed by atoms with Crippen molar-refractivity contribution in [2.75, 3.05) is 18.5 Å². The summed E-state index contributed by atoms with van der Waals surface area (Å²) >= 11 is 3.56. The highest BCUT2D eigenvalue weighted by molar-refractivity contribution is 9.55. The molecule has 0 saturated carbocycles. The Morgan fingerprint density at radius 1 is 1.27 bits per heavy atom. The Morgan fingerprint density at radius 2 is 2.12 bits per heavy atom. The highest BCUT2D eigenvalue weighted by atomic mass is 79.9. The molecule has 9 nitrogen and oxygen atoms in total. The highest BCUT2D eigenvalue weighted by Gasteiger charge is 2.44. The lowest BCUT2D eigenvalue weighted by Crippen LogP contribution is -2.33. The number of aliphatic hydroxyl groups is 3. The van der Waals surface area contributed by atoms with Crippen LogP contribution in [-0.4, -0.2) is 66.3 Å². The van der Waals surface area contributed by atoms with E-state index >= 15 is 0 Å². The largest absolute Gasteiger partial charge is 0.394 e. The summed E-state index contributed by atoms with van der Waals surface area (Å²) < 4.78 is 7.09. The summed E-state index contributed by atoms with van der Waals surface area (Å²) in [4.78, 5) is 12.8. The number of aliphatic hydroxyl groups excluding tert-OH is 3. The average molecular weight is 444 g/mol. The van der Waals surface area contributed by atoms with E-state index in [1.165, 1.54) is 17.2 Å². The van der Waals surface area contributed by atoms with Crippen molar-refractivity contribution in [3.63, 3.8) is 0 Å². The number of halogens is 1. The van der Waals surface area contributed by atoms with E-state index in [1.54, 1.807) is 0 Å². The molecule has 1 fully saturated rings. The zero-order valence-electron chi connectivity index (χ0n) is 13.5. The molecule has 0 radical (unpaired) electrons. The summed E-state index contributed by atoms with van der Waals surface area (Å²) in [5.74, 6) is 0.570. The number of hydrogen-bond donors (Lipinski definition) is 5. The van der Waals surface area contributed by atoms with Gasteiger partial charge in [0.05, 0.1) is 12.9 Å². The van der Waals surface area contributed by atoms with Gasteiger partial charge < -0.3 is 25.4 Å². The fourth-order valence-electron chi connectivity index (χ4n) is 2.98. The molecule has 4 heterocycles. The summed E-state index contributed by atoms with van der Waals surface area (Å²) in [5.41, 5.74) is 2.16. The van der Waals surface area contributed by atoms with Crippen LogP contribution in [0, 0.1) is 0 Å². The molecular formula is C15H18BrN5O4S. The van der Waals surface area contributed by atoms with E-state index in [-0.39, 0.29) is 15.9 Å². The second-order valence-corrected chi connectivity index (χ2v) is 9.69. The van der Waals surface area contributed by atoms with Gasteiger partial charge in [0.15, 0.2) is 23.2 Å². The molecule has 4 N–H and O–H groups in total. The van der Waals surface area contributed by atoms with Crippen molar-refractivity contribution in [3.05, 3.63) is 35.1 Å². The number of imidazole rings is 1. The summed E-state index contributed by atoms with van der Waals surface area (Å²) in [6, 6.07) is 0. The maximum Gasteiger partial charge on any atom is 0.167 e. The van der Waals surface area contributed by atoms with Gasteiger partial charge in [0.2, 0.25) is 0 Å². The quantitative estimate of drug-likeness (QED) is 0.424. The van der Waals surface area contributed by atoms with E-state index in [0.717, 1.165) is 5.57 Å². The SMILES string of the molecule is OC[C@H]1O[C@@H](n2cnc3c(NCC4=C[SH](Br)C=C4)ncnc32)[C@H](O)[C@@H]1O. The van der Waals surface area contributed by atoms with Crippen LogP contribution >= 0.6 is 24.1 Å². The normalized spacial score (nSPS) is 32.3. The van der Waals surface area contributed by atoms with Crippen molar-refractivity contribution in [1.82, 2.24) is 19.5 Å². The number of thiol groups is 1. The summed E-state index contributed by atoms with van der Waals surface area (Å²) in [6.07, 6.45) is 0.839. The number of hydrogen-bond acceptors (Lipinski definition) is 8. The number of fused-ring (bicyclic) bond motifs is 1. The molecule has 0 aromatic carbocycles. The van der Waals surface area contributed by atoms with Crippen LogP contribution in [0.3, 0.4) is 0 Å². The predicted molar refractivity (Wildman–Crippen MR) is 102 cm³/mol. The lowest BCUT2D eigenvalue weighted by Gasteiger charge is -2.16. The van der Waals surface area contributed by atoms with Gasteiger partial charge in [0.1, 0.15) is 24.6 Å². The molecule has 0 aliphatic carbocycles. The minimum Gasteiger partial charge on any atom is -0.394 e. The number of aromatic nitrogens is 4. The van der Waals surface area contributed by atoms with Gasteiger partial charge in [0.25, 0.3) is 0 Å². The summed E-state index contributed by atoms with van der Waals surface area (Å²) in [7, 11) is -0.348. The Kier molecular flexibility index (Phi) is 4.99. The topological polar surface area (TPSA) is 126 Å². The van der Waals surface area contributed by atoms with Crippen LogP contribution in [0.4, 0.5) is 5.82 Å². The molecule has 26 heavy (non-hydrogen) atoms. The minimum absolute atomic E-state index is 0.348.